The maximum absolute atomic E-state index is 13.7. The van der Waals surface area contributed by atoms with Gasteiger partial charge in [0, 0.05) is 14.8 Å². The van der Waals surface area contributed by atoms with Crippen LogP contribution in [0.2, 0.25) is 10.0 Å². The van der Waals surface area contributed by atoms with Gasteiger partial charge in [0.1, 0.15) is 11.7 Å². The van der Waals surface area contributed by atoms with Gasteiger partial charge in [-0.15, -0.1) is 0 Å². The summed E-state index contributed by atoms with van der Waals surface area (Å²) in [7, 11) is 0. The second-order valence-electron chi connectivity index (χ2n) is 3.70. The maximum Gasteiger partial charge on any atom is 0.135 e. The molecule has 6 heteroatoms. The van der Waals surface area contributed by atoms with E-state index in [0.29, 0.717) is 19.8 Å². The Morgan fingerprint density at radius 3 is 2.58 bits per heavy atom. The zero-order chi connectivity index (χ0) is 14.0. The number of nitrogen functional groups attached to an aromatic ring is 1. The normalized spacial score (nSPS) is 10.5. The summed E-state index contributed by atoms with van der Waals surface area (Å²) in [6, 6.07) is 9.53. The molecule has 0 atom stereocenters. The van der Waals surface area contributed by atoms with E-state index in [1.54, 1.807) is 30.3 Å². The van der Waals surface area contributed by atoms with Gasteiger partial charge in [-0.3, -0.25) is 5.41 Å². The van der Waals surface area contributed by atoms with Crippen LogP contribution in [0.15, 0.2) is 46.2 Å². The number of hydrogen-bond donors (Lipinski definition) is 2. The van der Waals surface area contributed by atoms with Crippen LogP contribution < -0.4 is 5.73 Å². The van der Waals surface area contributed by atoms with Crippen molar-refractivity contribution >= 4 is 40.8 Å². The van der Waals surface area contributed by atoms with Crippen molar-refractivity contribution in [2.75, 3.05) is 0 Å². The minimum Gasteiger partial charge on any atom is -0.384 e. The second kappa shape index (κ2) is 5.82. The molecule has 2 aromatic rings. The number of rotatable bonds is 3. The molecule has 3 N–H and O–H groups in total. The first kappa shape index (κ1) is 14.2. The Labute approximate surface area is 124 Å². The molecule has 2 aromatic carbocycles. The van der Waals surface area contributed by atoms with Gasteiger partial charge in [0.15, 0.2) is 0 Å². The van der Waals surface area contributed by atoms with Crippen molar-refractivity contribution < 1.29 is 4.39 Å². The molecule has 0 unspecified atom stereocenters. The van der Waals surface area contributed by atoms with E-state index in [4.69, 9.17) is 34.3 Å². The minimum atomic E-state index is -0.532. The minimum absolute atomic E-state index is 0.0727. The van der Waals surface area contributed by atoms with Gasteiger partial charge in [-0.2, -0.15) is 0 Å². The highest BCUT2D eigenvalue weighted by Crippen LogP contribution is 2.37. The summed E-state index contributed by atoms with van der Waals surface area (Å²) < 4.78 is 13.7. The van der Waals surface area contributed by atoms with Crippen LogP contribution in [0.4, 0.5) is 4.39 Å². The van der Waals surface area contributed by atoms with Gasteiger partial charge in [-0.05, 0) is 30.3 Å². The van der Waals surface area contributed by atoms with Crippen molar-refractivity contribution in [3.63, 3.8) is 0 Å². The summed E-state index contributed by atoms with van der Waals surface area (Å²) >= 11 is 13.2. The Bertz CT molecular complexity index is 647. The highest BCUT2D eigenvalue weighted by Gasteiger charge is 2.13. The molecule has 2 nitrogen and oxygen atoms in total. The third-order valence-corrected chi connectivity index (χ3v) is 4.15. The Morgan fingerprint density at radius 2 is 1.89 bits per heavy atom. The molecular weight excluding hydrogens is 306 g/mol. The highest BCUT2D eigenvalue weighted by atomic mass is 35.5. The number of hydrogen-bond acceptors (Lipinski definition) is 2. The fraction of sp³-hybridized carbons (Fsp3) is 0. The molecule has 0 aliphatic carbocycles. The summed E-state index contributed by atoms with van der Waals surface area (Å²) in [6.07, 6.45) is 0. The Morgan fingerprint density at radius 1 is 1.16 bits per heavy atom. The lowest BCUT2D eigenvalue weighted by atomic mass is 10.2. The van der Waals surface area contributed by atoms with Crippen LogP contribution in [-0.2, 0) is 0 Å². The maximum atomic E-state index is 13.7. The van der Waals surface area contributed by atoms with Crippen LogP contribution in [0, 0.1) is 11.2 Å². The Kier molecular flexibility index (Phi) is 4.34. The van der Waals surface area contributed by atoms with Gasteiger partial charge in [0.2, 0.25) is 0 Å². The zero-order valence-electron chi connectivity index (χ0n) is 9.58. The molecule has 2 rings (SSSR count). The van der Waals surface area contributed by atoms with Crippen molar-refractivity contribution in [2.24, 2.45) is 5.73 Å². The van der Waals surface area contributed by atoms with E-state index in [1.165, 1.54) is 17.8 Å². The number of halogens is 3. The quantitative estimate of drug-likeness (QED) is 0.644. The third-order valence-electron chi connectivity index (χ3n) is 2.36. The van der Waals surface area contributed by atoms with Crippen LogP contribution in [-0.4, -0.2) is 5.84 Å². The van der Waals surface area contributed by atoms with Crippen molar-refractivity contribution in [3.8, 4) is 0 Å². The van der Waals surface area contributed by atoms with E-state index in [2.05, 4.69) is 0 Å². The van der Waals surface area contributed by atoms with Crippen molar-refractivity contribution in [2.45, 2.75) is 9.79 Å². The largest absolute Gasteiger partial charge is 0.384 e. The van der Waals surface area contributed by atoms with Crippen molar-refractivity contribution in [3.05, 3.63) is 57.8 Å². The van der Waals surface area contributed by atoms with Crippen LogP contribution in [0.5, 0.6) is 0 Å². The average molecular weight is 315 g/mol. The highest BCUT2D eigenvalue weighted by molar-refractivity contribution is 7.99. The van der Waals surface area contributed by atoms with Gasteiger partial charge in [0.05, 0.1) is 10.6 Å². The molecule has 0 fully saturated rings. The standard InChI is InChI=1S/C13H9Cl2FN2S/c14-7-4-5-8(15)11(6-7)19-10-3-1-2-9(16)12(10)13(17)18/h1-6H,(H3,17,18). The predicted molar refractivity (Wildman–Crippen MR) is 78.0 cm³/mol. The van der Waals surface area contributed by atoms with Crippen LogP contribution >= 0.6 is 35.0 Å². The van der Waals surface area contributed by atoms with E-state index in [-0.39, 0.29) is 11.4 Å². The Balaban J connectivity index is 2.46. The monoisotopic (exact) mass is 314 g/mol. The van der Waals surface area contributed by atoms with Crippen LogP contribution in [0.25, 0.3) is 0 Å². The number of benzene rings is 2. The lowest BCUT2D eigenvalue weighted by Crippen LogP contribution is -2.14. The van der Waals surface area contributed by atoms with Crippen LogP contribution in [0.1, 0.15) is 5.56 Å². The number of amidine groups is 1. The molecule has 0 bridgehead atoms. The summed E-state index contributed by atoms with van der Waals surface area (Å²) in [6.45, 7) is 0. The predicted octanol–water partition coefficient (Wildman–Crippen LogP) is 4.57. The van der Waals surface area contributed by atoms with Gasteiger partial charge in [0.25, 0.3) is 0 Å². The lowest BCUT2D eigenvalue weighted by Gasteiger charge is -2.10. The van der Waals surface area contributed by atoms with Crippen molar-refractivity contribution in [1.29, 1.82) is 5.41 Å². The van der Waals surface area contributed by atoms with E-state index in [1.807, 2.05) is 0 Å². The molecule has 0 heterocycles. The van der Waals surface area contributed by atoms with Gasteiger partial charge >= 0.3 is 0 Å². The topological polar surface area (TPSA) is 49.9 Å². The molecule has 0 aromatic heterocycles. The average Bonchev–Trinajstić information content (AvgIpc) is 2.33. The smallest absolute Gasteiger partial charge is 0.135 e. The van der Waals surface area contributed by atoms with E-state index in [9.17, 15) is 4.39 Å². The first-order chi connectivity index (χ1) is 8.99. The molecule has 19 heavy (non-hydrogen) atoms. The summed E-state index contributed by atoms with van der Waals surface area (Å²) in [5, 5.41) is 8.49. The molecule has 0 spiro atoms. The molecule has 0 aliphatic rings. The molecule has 0 radical (unpaired) electrons. The fourth-order valence-corrected chi connectivity index (χ4v) is 3.04. The van der Waals surface area contributed by atoms with Gasteiger partial charge < -0.3 is 5.73 Å². The summed E-state index contributed by atoms with van der Waals surface area (Å²) in [4.78, 5) is 1.21. The summed E-state index contributed by atoms with van der Waals surface area (Å²) in [5.41, 5.74) is 5.48. The van der Waals surface area contributed by atoms with E-state index < -0.39 is 5.82 Å². The Hall–Kier alpha value is -1.23. The number of nitrogens with two attached hydrogens (primary N) is 1. The molecule has 98 valence electrons. The summed E-state index contributed by atoms with van der Waals surface area (Å²) in [5.74, 6) is -0.852. The second-order valence-corrected chi connectivity index (χ2v) is 5.63. The first-order valence-electron chi connectivity index (χ1n) is 5.25. The van der Waals surface area contributed by atoms with E-state index in [0.717, 1.165) is 0 Å². The molecule has 0 aliphatic heterocycles. The van der Waals surface area contributed by atoms with Gasteiger partial charge in [-0.1, -0.05) is 41.0 Å². The molecule has 0 amide bonds. The molecular formula is C13H9Cl2FN2S. The third kappa shape index (κ3) is 3.21. The van der Waals surface area contributed by atoms with Crippen molar-refractivity contribution in [1.82, 2.24) is 0 Å². The van der Waals surface area contributed by atoms with E-state index >= 15 is 0 Å². The molecule has 0 saturated heterocycles. The molecule has 0 saturated carbocycles. The zero-order valence-corrected chi connectivity index (χ0v) is 11.9. The van der Waals surface area contributed by atoms with Gasteiger partial charge in [-0.25, -0.2) is 4.39 Å². The fourth-order valence-electron chi connectivity index (χ4n) is 1.52. The number of nitrogens with one attached hydrogen (secondary N) is 1. The lowest BCUT2D eigenvalue weighted by molar-refractivity contribution is 0.621. The SMILES string of the molecule is N=C(N)c1c(F)cccc1Sc1cc(Cl)ccc1Cl. The van der Waals surface area contributed by atoms with Crippen LogP contribution in [0.3, 0.4) is 0 Å². The first-order valence-corrected chi connectivity index (χ1v) is 6.82.